The molecule has 0 saturated carbocycles. The molecule has 190 valence electrons. The Morgan fingerprint density at radius 2 is 1.54 bits per heavy atom. The molecular formula is C27H39N5O3. The molecule has 0 radical (unpaired) electrons. The number of amides is 3. The SMILES string of the molecule is CCCCCC(=O)N1CCC(C2CCN(C(=O)Nc3ccc(-n4[nH]c(=O)cc4C)cc3)CC2)CC1. The van der Waals surface area contributed by atoms with Gasteiger partial charge in [0.2, 0.25) is 5.91 Å². The Kier molecular flexibility index (Phi) is 8.31. The first-order valence-electron chi connectivity index (χ1n) is 13.2. The number of nitrogens with one attached hydrogen (secondary N) is 2. The number of anilines is 1. The van der Waals surface area contributed by atoms with E-state index in [1.54, 1.807) is 10.7 Å². The van der Waals surface area contributed by atoms with Gasteiger partial charge in [-0.1, -0.05) is 19.8 Å². The van der Waals surface area contributed by atoms with Gasteiger partial charge >= 0.3 is 6.03 Å². The quantitative estimate of drug-likeness (QED) is 0.569. The molecule has 2 saturated heterocycles. The van der Waals surface area contributed by atoms with Gasteiger partial charge in [-0.25, -0.2) is 4.79 Å². The van der Waals surface area contributed by atoms with Gasteiger partial charge in [0.05, 0.1) is 5.69 Å². The van der Waals surface area contributed by atoms with Crippen molar-refractivity contribution >= 4 is 17.6 Å². The molecule has 0 spiro atoms. The van der Waals surface area contributed by atoms with Crippen LogP contribution in [-0.2, 0) is 4.79 Å². The van der Waals surface area contributed by atoms with E-state index in [2.05, 4.69) is 22.2 Å². The molecule has 1 aromatic carbocycles. The highest BCUT2D eigenvalue weighted by atomic mass is 16.2. The molecule has 8 nitrogen and oxygen atoms in total. The minimum absolute atomic E-state index is 0.0609. The molecule has 1 aromatic heterocycles. The Morgan fingerprint density at radius 3 is 2.09 bits per heavy atom. The average molecular weight is 482 g/mol. The summed E-state index contributed by atoms with van der Waals surface area (Å²) in [5.41, 5.74) is 2.28. The fraction of sp³-hybridized carbons (Fsp3) is 0.593. The molecular weight excluding hydrogens is 442 g/mol. The number of piperidine rings is 2. The minimum Gasteiger partial charge on any atom is -0.343 e. The van der Waals surface area contributed by atoms with Crippen LogP contribution in [0.5, 0.6) is 0 Å². The largest absolute Gasteiger partial charge is 0.343 e. The fourth-order valence-corrected chi connectivity index (χ4v) is 5.53. The number of urea groups is 1. The van der Waals surface area contributed by atoms with Crippen LogP contribution in [0.25, 0.3) is 5.69 Å². The maximum Gasteiger partial charge on any atom is 0.321 e. The molecule has 8 heteroatoms. The lowest BCUT2D eigenvalue weighted by atomic mass is 9.79. The predicted molar refractivity (Wildman–Crippen MR) is 138 cm³/mol. The first-order valence-corrected chi connectivity index (χ1v) is 13.2. The highest BCUT2D eigenvalue weighted by Crippen LogP contribution is 2.33. The maximum atomic E-state index is 12.8. The highest BCUT2D eigenvalue weighted by molar-refractivity contribution is 5.89. The lowest BCUT2D eigenvalue weighted by Gasteiger charge is -2.40. The number of aryl methyl sites for hydroxylation is 1. The molecule has 35 heavy (non-hydrogen) atoms. The first kappa shape index (κ1) is 25.1. The predicted octanol–water partition coefficient (Wildman–Crippen LogP) is 4.54. The van der Waals surface area contributed by atoms with Crippen molar-refractivity contribution in [2.75, 3.05) is 31.5 Å². The van der Waals surface area contributed by atoms with Crippen LogP contribution in [0.4, 0.5) is 10.5 Å². The number of hydrogen-bond acceptors (Lipinski definition) is 3. The van der Waals surface area contributed by atoms with Gasteiger partial charge in [-0.05, 0) is 75.1 Å². The molecule has 2 aliphatic heterocycles. The Morgan fingerprint density at radius 1 is 0.943 bits per heavy atom. The van der Waals surface area contributed by atoms with Gasteiger partial charge in [0.1, 0.15) is 0 Å². The van der Waals surface area contributed by atoms with Gasteiger partial charge in [-0.15, -0.1) is 0 Å². The van der Waals surface area contributed by atoms with Crippen LogP contribution in [0.15, 0.2) is 35.1 Å². The smallest absolute Gasteiger partial charge is 0.321 e. The van der Waals surface area contributed by atoms with Crippen molar-refractivity contribution in [3.63, 3.8) is 0 Å². The summed E-state index contributed by atoms with van der Waals surface area (Å²) in [5, 5.41) is 5.77. The van der Waals surface area contributed by atoms with Gasteiger partial charge in [0.25, 0.3) is 5.56 Å². The van der Waals surface area contributed by atoms with Crippen LogP contribution in [0.2, 0.25) is 0 Å². The summed E-state index contributed by atoms with van der Waals surface area (Å²) >= 11 is 0. The van der Waals surface area contributed by atoms with Gasteiger partial charge in [0.15, 0.2) is 0 Å². The van der Waals surface area contributed by atoms with Crippen LogP contribution >= 0.6 is 0 Å². The van der Waals surface area contributed by atoms with Crippen molar-refractivity contribution in [1.29, 1.82) is 0 Å². The number of nitrogens with zero attached hydrogens (tertiary/aromatic N) is 3. The number of benzene rings is 1. The summed E-state index contributed by atoms with van der Waals surface area (Å²) in [6, 6.07) is 8.97. The van der Waals surface area contributed by atoms with Crippen molar-refractivity contribution in [2.45, 2.75) is 65.2 Å². The minimum atomic E-state index is -0.135. The van der Waals surface area contributed by atoms with Crippen LogP contribution < -0.4 is 10.9 Å². The number of rotatable bonds is 7. The lowest BCUT2D eigenvalue weighted by Crippen LogP contribution is -2.45. The van der Waals surface area contributed by atoms with Gasteiger partial charge in [0, 0.05) is 50.0 Å². The molecule has 0 unspecified atom stereocenters. The number of unbranched alkanes of at least 4 members (excludes halogenated alkanes) is 2. The average Bonchev–Trinajstić information content (AvgIpc) is 3.22. The topological polar surface area (TPSA) is 90.4 Å². The lowest BCUT2D eigenvalue weighted by molar-refractivity contribution is -0.133. The van der Waals surface area contributed by atoms with Crippen LogP contribution in [0.1, 0.15) is 64.0 Å². The standard InChI is InChI=1S/C27H39N5O3/c1-3-4-5-6-26(34)30-15-11-21(12-16-30)22-13-17-31(18-14-22)27(35)28-23-7-9-24(10-8-23)32-20(2)19-25(33)29-32/h7-10,19,21-22H,3-6,11-18H2,1-2H3,(H,28,35)(H,29,33). The van der Waals surface area contributed by atoms with Gasteiger partial charge < -0.3 is 15.1 Å². The molecule has 2 N–H and O–H groups in total. The van der Waals surface area contributed by atoms with E-state index in [0.29, 0.717) is 24.2 Å². The first-order chi connectivity index (χ1) is 16.9. The molecule has 0 bridgehead atoms. The highest BCUT2D eigenvalue weighted by Gasteiger charge is 2.31. The van der Waals surface area contributed by atoms with E-state index in [0.717, 1.165) is 88.2 Å². The zero-order chi connectivity index (χ0) is 24.8. The van der Waals surface area contributed by atoms with Crippen molar-refractivity contribution in [3.05, 3.63) is 46.4 Å². The Bertz CT molecular complexity index is 1040. The second kappa shape index (κ2) is 11.6. The fourth-order valence-electron chi connectivity index (χ4n) is 5.53. The number of carbonyl (C=O) groups excluding carboxylic acids is 2. The molecule has 0 aliphatic carbocycles. The third-order valence-corrected chi connectivity index (χ3v) is 7.67. The summed E-state index contributed by atoms with van der Waals surface area (Å²) in [5.74, 6) is 1.63. The van der Waals surface area contributed by atoms with E-state index in [9.17, 15) is 14.4 Å². The van der Waals surface area contributed by atoms with E-state index in [4.69, 9.17) is 0 Å². The molecule has 0 atom stereocenters. The Labute approximate surface area is 207 Å². The van der Waals surface area contributed by atoms with E-state index >= 15 is 0 Å². The Hall–Kier alpha value is -3.03. The van der Waals surface area contributed by atoms with Crippen LogP contribution in [0.3, 0.4) is 0 Å². The third-order valence-electron chi connectivity index (χ3n) is 7.67. The number of hydrogen-bond donors (Lipinski definition) is 2. The number of carbonyl (C=O) groups is 2. The second-order valence-corrected chi connectivity index (χ2v) is 10.1. The summed E-state index contributed by atoms with van der Waals surface area (Å²) < 4.78 is 1.73. The monoisotopic (exact) mass is 481 g/mol. The summed E-state index contributed by atoms with van der Waals surface area (Å²) in [6.07, 6.45) is 8.23. The molecule has 2 aliphatic rings. The second-order valence-electron chi connectivity index (χ2n) is 10.1. The molecule has 3 heterocycles. The van der Waals surface area contributed by atoms with Gasteiger partial charge in [-0.2, -0.15) is 0 Å². The van der Waals surface area contributed by atoms with Crippen LogP contribution in [-0.4, -0.2) is 57.7 Å². The zero-order valence-corrected chi connectivity index (χ0v) is 21.1. The van der Waals surface area contributed by atoms with Crippen molar-refractivity contribution < 1.29 is 9.59 Å². The van der Waals surface area contributed by atoms with Gasteiger partial charge in [-0.3, -0.25) is 19.4 Å². The number of likely N-dealkylation sites (tertiary alicyclic amines) is 2. The number of H-pyrrole nitrogens is 1. The number of aromatic nitrogens is 2. The van der Waals surface area contributed by atoms with E-state index in [1.807, 2.05) is 36.1 Å². The van der Waals surface area contributed by atoms with E-state index < -0.39 is 0 Å². The van der Waals surface area contributed by atoms with Crippen LogP contribution in [0, 0.1) is 18.8 Å². The van der Waals surface area contributed by atoms with E-state index in [1.165, 1.54) is 0 Å². The molecule has 4 rings (SSSR count). The summed E-state index contributed by atoms with van der Waals surface area (Å²) in [4.78, 5) is 40.7. The maximum absolute atomic E-state index is 12.8. The normalized spacial score (nSPS) is 17.5. The molecule has 2 fully saturated rings. The zero-order valence-electron chi connectivity index (χ0n) is 21.1. The third kappa shape index (κ3) is 6.35. The summed E-state index contributed by atoms with van der Waals surface area (Å²) in [7, 11) is 0. The van der Waals surface area contributed by atoms with Crippen molar-refractivity contribution in [1.82, 2.24) is 19.6 Å². The molecule has 2 aromatic rings. The van der Waals surface area contributed by atoms with E-state index in [-0.39, 0.29) is 11.6 Å². The molecule has 3 amide bonds. The van der Waals surface area contributed by atoms with Crippen molar-refractivity contribution in [3.8, 4) is 5.69 Å². The summed E-state index contributed by atoms with van der Waals surface area (Å²) in [6.45, 7) is 7.36. The number of aromatic amines is 1. The van der Waals surface area contributed by atoms with Crippen molar-refractivity contribution in [2.24, 2.45) is 11.8 Å². The Balaban J connectivity index is 1.20.